The molecular weight excluding hydrogens is 519 g/mol. The standard InChI is InChI=1S/C23H23N3O5S.Y/c1-32-19-11-21(28)26(22(19)29)9-8-20(27)25-13-6-7-16-14-4-2-3-5-15(14)18(17(16)10-13)12-31-23(24)30;/h2-7,10,18-19H,8-9,11-12H2,1H3,(H3,24,25,27,30);/p-1. The van der Waals surface area contributed by atoms with Crippen molar-refractivity contribution >= 4 is 41.3 Å². The van der Waals surface area contributed by atoms with Crippen LogP contribution in [-0.4, -0.2) is 53.4 Å². The first-order chi connectivity index (χ1) is 15.4. The van der Waals surface area contributed by atoms with Gasteiger partial charge in [-0.05, 0) is 40.6 Å². The van der Waals surface area contributed by atoms with Crippen LogP contribution < -0.4 is 5.32 Å². The fraction of sp³-hybridized carbons (Fsp3) is 0.304. The van der Waals surface area contributed by atoms with Gasteiger partial charge in [0.2, 0.25) is 23.8 Å². The minimum atomic E-state index is -1.09. The van der Waals surface area contributed by atoms with E-state index in [0.29, 0.717) is 5.69 Å². The van der Waals surface area contributed by atoms with Gasteiger partial charge in [0, 0.05) is 63.7 Å². The first-order valence-corrected chi connectivity index (χ1v) is 11.5. The van der Waals surface area contributed by atoms with Gasteiger partial charge in [-0.3, -0.25) is 24.1 Å². The van der Waals surface area contributed by atoms with Crippen LogP contribution in [0.3, 0.4) is 0 Å². The van der Waals surface area contributed by atoms with E-state index in [1.54, 1.807) is 12.3 Å². The summed E-state index contributed by atoms with van der Waals surface area (Å²) in [5.74, 6) is -1.01. The number of imide groups is 1. The molecule has 1 aliphatic heterocycles. The molecule has 1 fully saturated rings. The maximum atomic E-state index is 12.5. The first kappa shape index (κ1) is 25.4. The molecule has 0 bridgehead atoms. The number of carbonyl (C=O) groups excluding carboxylic acids is 4. The Morgan fingerprint density at radius 1 is 1.15 bits per heavy atom. The Morgan fingerprint density at radius 3 is 2.58 bits per heavy atom. The summed E-state index contributed by atoms with van der Waals surface area (Å²) in [7, 11) is 0. The third kappa shape index (κ3) is 5.31. The van der Waals surface area contributed by atoms with Crippen molar-refractivity contribution in [3.8, 4) is 11.1 Å². The molecule has 2 atom stereocenters. The number of hydrogen-bond donors (Lipinski definition) is 1. The molecule has 4 rings (SSSR count). The van der Waals surface area contributed by atoms with Crippen LogP contribution in [-0.2, 0) is 51.8 Å². The summed E-state index contributed by atoms with van der Waals surface area (Å²) >= 11 is 1.34. The number of carbonyl (C=O) groups is 4. The second kappa shape index (κ2) is 10.8. The number of anilines is 1. The first-order valence-electron chi connectivity index (χ1n) is 10.2. The van der Waals surface area contributed by atoms with Crippen molar-refractivity contribution in [2.45, 2.75) is 24.0 Å². The quantitative estimate of drug-likeness (QED) is 0.533. The number of amides is 4. The molecule has 33 heavy (non-hydrogen) atoms. The Bertz CT molecular complexity index is 1110. The van der Waals surface area contributed by atoms with Gasteiger partial charge in [-0.25, -0.2) is 0 Å². The van der Waals surface area contributed by atoms with Crippen LogP contribution in [0.1, 0.15) is 29.9 Å². The van der Waals surface area contributed by atoms with Gasteiger partial charge in [0.25, 0.3) is 0 Å². The summed E-state index contributed by atoms with van der Waals surface area (Å²) < 4.78 is 4.96. The van der Waals surface area contributed by atoms with Gasteiger partial charge >= 0.3 is 0 Å². The van der Waals surface area contributed by atoms with Crippen LogP contribution in [0.2, 0.25) is 0 Å². The number of nitrogens with zero attached hydrogens (tertiary/aromatic N) is 1. The number of ether oxygens (including phenoxy) is 1. The molecule has 4 amide bonds. The molecule has 1 saturated heterocycles. The zero-order valence-electron chi connectivity index (χ0n) is 18.0. The van der Waals surface area contributed by atoms with Crippen molar-refractivity contribution in [2.75, 3.05) is 24.7 Å². The molecule has 2 aromatic carbocycles. The van der Waals surface area contributed by atoms with Crippen LogP contribution >= 0.6 is 11.8 Å². The second-order valence-corrected chi connectivity index (χ2v) is 8.69. The fourth-order valence-electron chi connectivity index (χ4n) is 4.24. The van der Waals surface area contributed by atoms with Crippen LogP contribution in [0.25, 0.3) is 16.9 Å². The van der Waals surface area contributed by atoms with E-state index in [9.17, 15) is 19.2 Å². The van der Waals surface area contributed by atoms with Crippen molar-refractivity contribution < 1.29 is 56.6 Å². The Hall–Kier alpha value is -2.23. The minimum Gasteiger partial charge on any atom is -0.632 e. The number of rotatable bonds is 7. The second-order valence-electron chi connectivity index (χ2n) is 7.65. The number of fused-ring (bicyclic) bond motifs is 3. The molecule has 0 aromatic heterocycles. The van der Waals surface area contributed by atoms with Crippen molar-refractivity contribution in [1.82, 2.24) is 4.90 Å². The molecular formula is C23H22N3O5SY-. The minimum absolute atomic E-state index is 0. The molecule has 1 aliphatic carbocycles. The van der Waals surface area contributed by atoms with Crippen molar-refractivity contribution in [3.63, 3.8) is 0 Å². The Morgan fingerprint density at radius 2 is 1.88 bits per heavy atom. The smallest absolute Gasteiger partial charge is 0.242 e. The summed E-state index contributed by atoms with van der Waals surface area (Å²) in [6.07, 6.45) is 0.888. The van der Waals surface area contributed by atoms with E-state index >= 15 is 0 Å². The Kier molecular flexibility index (Phi) is 8.31. The molecule has 8 nitrogen and oxygen atoms in total. The normalized spacial score (nSPS) is 18.4. The predicted octanol–water partition coefficient (Wildman–Crippen LogP) is 3.80. The van der Waals surface area contributed by atoms with E-state index in [-0.39, 0.29) is 87.6 Å². The molecule has 2 unspecified atom stereocenters. The van der Waals surface area contributed by atoms with Gasteiger partial charge in [-0.15, -0.1) is 0 Å². The maximum absolute atomic E-state index is 12.5. The number of thioether (sulfide) groups is 1. The third-order valence-corrected chi connectivity index (χ3v) is 6.71. The van der Waals surface area contributed by atoms with Gasteiger partial charge in [0.15, 0.2) is 0 Å². The van der Waals surface area contributed by atoms with Gasteiger partial charge in [0.05, 0.1) is 5.25 Å². The Labute approximate surface area is 220 Å². The summed E-state index contributed by atoms with van der Waals surface area (Å²) in [6, 6.07) is 13.3. The van der Waals surface area contributed by atoms with E-state index in [4.69, 9.17) is 10.5 Å². The summed E-state index contributed by atoms with van der Waals surface area (Å²) in [5.41, 5.74) is 11.5. The summed E-state index contributed by atoms with van der Waals surface area (Å²) in [6.45, 7) is 0.0958. The molecule has 1 radical (unpaired) electrons. The van der Waals surface area contributed by atoms with Crippen LogP contribution in [0, 0.1) is 0 Å². The molecule has 169 valence electrons. The average Bonchev–Trinajstić information content (AvgIpc) is 3.23. The maximum Gasteiger partial charge on any atom is 0.242 e. The zero-order valence-corrected chi connectivity index (χ0v) is 21.7. The summed E-state index contributed by atoms with van der Waals surface area (Å²) in [4.78, 5) is 48.9. The van der Waals surface area contributed by atoms with Crippen LogP contribution in [0.5, 0.6) is 0 Å². The van der Waals surface area contributed by atoms with Crippen molar-refractivity contribution in [1.29, 1.82) is 0 Å². The van der Waals surface area contributed by atoms with E-state index in [2.05, 4.69) is 5.32 Å². The van der Waals surface area contributed by atoms with Gasteiger partial charge in [-0.1, -0.05) is 30.3 Å². The average molecular weight is 541 g/mol. The number of benzene rings is 2. The van der Waals surface area contributed by atoms with Crippen LogP contribution in [0.4, 0.5) is 10.5 Å². The monoisotopic (exact) mass is 541 g/mol. The van der Waals surface area contributed by atoms with Gasteiger partial charge < -0.3 is 15.8 Å². The van der Waals surface area contributed by atoms with E-state index < -0.39 is 6.09 Å². The summed E-state index contributed by atoms with van der Waals surface area (Å²) in [5, 5.41) is 2.46. The fourth-order valence-corrected chi connectivity index (χ4v) is 4.87. The van der Waals surface area contributed by atoms with Crippen molar-refractivity contribution in [2.24, 2.45) is 0 Å². The van der Waals surface area contributed by atoms with Crippen LogP contribution in [0.15, 0.2) is 42.5 Å². The van der Waals surface area contributed by atoms with Gasteiger partial charge in [-0.2, -0.15) is 11.8 Å². The SMILES string of the molecule is CSC1CC(=O)N(CCC(=O)Nc2ccc3c(c2)C(COC([NH-])=O)c2ccccc2-3)C1=O.[Y]. The molecule has 2 N–H and O–H groups in total. The van der Waals surface area contributed by atoms with E-state index in [1.807, 2.05) is 36.4 Å². The number of nitrogens with one attached hydrogen (secondary N) is 2. The third-order valence-electron chi connectivity index (χ3n) is 5.77. The molecule has 10 heteroatoms. The molecule has 2 aliphatic rings. The van der Waals surface area contributed by atoms with Crippen molar-refractivity contribution in [3.05, 3.63) is 59.3 Å². The molecule has 0 saturated carbocycles. The molecule has 2 aromatic rings. The number of likely N-dealkylation sites (tertiary alicyclic amines) is 1. The largest absolute Gasteiger partial charge is 0.632 e. The molecule has 1 heterocycles. The van der Waals surface area contributed by atoms with Gasteiger partial charge in [0.1, 0.15) is 6.61 Å². The zero-order chi connectivity index (χ0) is 22.8. The molecule has 0 spiro atoms. The predicted molar refractivity (Wildman–Crippen MR) is 121 cm³/mol. The topological polar surface area (TPSA) is 117 Å². The van der Waals surface area contributed by atoms with E-state index in [0.717, 1.165) is 27.2 Å². The number of hydrogen-bond acceptors (Lipinski definition) is 6. The Balaban J connectivity index is 0.00000306. The van der Waals surface area contributed by atoms with E-state index in [1.165, 1.54) is 11.8 Å².